The second-order valence-corrected chi connectivity index (χ2v) is 6.12. The van der Waals surface area contributed by atoms with Gasteiger partial charge < -0.3 is 28.8 Å². The predicted molar refractivity (Wildman–Crippen MR) is 90.0 cm³/mol. The Morgan fingerprint density at radius 1 is 0.815 bits per heavy atom. The third-order valence-corrected chi connectivity index (χ3v) is 4.50. The molecule has 2 aliphatic rings. The molecule has 1 N–H and O–H groups in total. The third kappa shape index (κ3) is 3.19. The second kappa shape index (κ2) is 6.67. The van der Waals surface area contributed by atoms with E-state index in [0.29, 0.717) is 43.2 Å². The summed E-state index contributed by atoms with van der Waals surface area (Å²) in [6.45, 7) is 1.54. The molecule has 0 spiro atoms. The van der Waals surface area contributed by atoms with E-state index in [1.807, 2.05) is 0 Å². The minimum atomic E-state index is -1.23. The van der Waals surface area contributed by atoms with Crippen LogP contribution >= 0.6 is 0 Å². The van der Waals surface area contributed by atoms with Crippen molar-refractivity contribution in [1.82, 2.24) is 9.80 Å². The molecule has 140 valence electrons. The Morgan fingerprint density at radius 2 is 1.44 bits per heavy atom. The van der Waals surface area contributed by atoms with Crippen molar-refractivity contribution in [2.45, 2.75) is 0 Å². The minimum Gasteiger partial charge on any atom is -0.475 e. The van der Waals surface area contributed by atoms with Crippen molar-refractivity contribution in [1.29, 1.82) is 0 Å². The highest BCUT2D eigenvalue weighted by atomic mass is 16.7. The zero-order valence-electron chi connectivity index (χ0n) is 14.2. The first kappa shape index (κ1) is 17.0. The average molecular weight is 372 g/mol. The van der Waals surface area contributed by atoms with Crippen LogP contribution in [0.2, 0.25) is 0 Å². The van der Waals surface area contributed by atoms with Gasteiger partial charge in [0.05, 0.1) is 0 Å². The molecule has 0 atom stereocenters. The van der Waals surface area contributed by atoms with Crippen molar-refractivity contribution in [3.05, 3.63) is 47.4 Å². The molecule has 9 heteroatoms. The molecule has 0 unspecified atom stereocenters. The van der Waals surface area contributed by atoms with E-state index in [9.17, 15) is 14.4 Å². The number of nitrogens with zero attached hydrogens (tertiary/aromatic N) is 2. The lowest BCUT2D eigenvalue weighted by Gasteiger charge is -2.34. The fourth-order valence-electron chi connectivity index (χ4n) is 3.05. The van der Waals surface area contributed by atoms with Crippen LogP contribution in [0.3, 0.4) is 0 Å². The first-order valence-electron chi connectivity index (χ1n) is 8.34. The summed E-state index contributed by atoms with van der Waals surface area (Å²) in [7, 11) is 0. The van der Waals surface area contributed by atoms with E-state index in [0.717, 1.165) is 0 Å². The molecule has 0 saturated carbocycles. The number of carboxylic acids is 1. The molecule has 1 aromatic heterocycles. The van der Waals surface area contributed by atoms with Crippen molar-refractivity contribution < 1.29 is 33.4 Å². The molecule has 0 aliphatic carbocycles. The first-order valence-corrected chi connectivity index (χ1v) is 8.34. The number of piperazine rings is 1. The Labute approximate surface area is 153 Å². The Kier molecular flexibility index (Phi) is 4.19. The standard InChI is InChI=1S/C18H16N2O7/c21-16(11-1-2-12-15(9-11)26-10-25-12)19-5-7-20(8-6-19)17(22)13-3-4-14(27-13)18(23)24/h1-4,9H,5-8,10H2,(H,23,24). The number of furan rings is 1. The third-order valence-electron chi connectivity index (χ3n) is 4.50. The van der Waals surface area contributed by atoms with Crippen LogP contribution in [0.5, 0.6) is 11.5 Å². The van der Waals surface area contributed by atoms with Gasteiger partial charge in [-0.25, -0.2) is 4.79 Å². The lowest BCUT2D eigenvalue weighted by molar-refractivity contribution is 0.0512. The van der Waals surface area contributed by atoms with Crippen LogP contribution in [-0.4, -0.2) is 65.7 Å². The van der Waals surface area contributed by atoms with Gasteiger partial charge in [-0.2, -0.15) is 0 Å². The fourth-order valence-corrected chi connectivity index (χ4v) is 3.05. The molecule has 2 aliphatic heterocycles. The molecule has 9 nitrogen and oxygen atoms in total. The largest absolute Gasteiger partial charge is 0.475 e. The quantitative estimate of drug-likeness (QED) is 0.865. The van der Waals surface area contributed by atoms with Crippen LogP contribution < -0.4 is 9.47 Å². The van der Waals surface area contributed by atoms with E-state index in [1.165, 1.54) is 17.0 Å². The minimum absolute atomic E-state index is 0.0250. The molecule has 2 amide bonds. The van der Waals surface area contributed by atoms with Gasteiger partial charge in [-0.15, -0.1) is 0 Å². The van der Waals surface area contributed by atoms with E-state index in [4.69, 9.17) is 19.0 Å². The van der Waals surface area contributed by atoms with E-state index < -0.39 is 11.9 Å². The van der Waals surface area contributed by atoms with Gasteiger partial charge in [0.1, 0.15) is 0 Å². The van der Waals surface area contributed by atoms with E-state index in [-0.39, 0.29) is 24.2 Å². The van der Waals surface area contributed by atoms with E-state index in [2.05, 4.69) is 0 Å². The summed E-state index contributed by atoms with van der Waals surface area (Å²) < 4.78 is 15.6. The zero-order chi connectivity index (χ0) is 19.0. The van der Waals surface area contributed by atoms with Crippen molar-refractivity contribution in [2.24, 2.45) is 0 Å². The smallest absolute Gasteiger partial charge is 0.371 e. The molecule has 1 saturated heterocycles. The molecule has 4 rings (SSSR count). The molecule has 27 heavy (non-hydrogen) atoms. The number of amides is 2. The average Bonchev–Trinajstić information content (AvgIpc) is 3.36. The van der Waals surface area contributed by atoms with Gasteiger partial charge in [0.15, 0.2) is 17.3 Å². The van der Waals surface area contributed by atoms with Crippen LogP contribution in [0.4, 0.5) is 0 Å². The number of hydrogen-bond acceptors (Lipinski definition) is 6. The van der Waals surface area contributed by atoms with Crippen LogP contribution in [0.25, 0.3) is 0 Å². The lowest BCUT2D eigenvalue weighted by Crippen LogP contribution is -2.50. The molecular weight excluding hydrogens is 356 g/mol. The SMILES string of the molecule is O=C(O)c1ccc(C(=O)N2CCN(C(=O)c3ccc4c(c3)OCO4)CC2)o1. The summed E-state index contributed by atoms with van der Waals surface area (Å²) >= 11 is 0. The lowest BCUT2D eigenvalue weighted by atomic mass is 10.1. The van der Waals surface area contributed by atoms with Crippen LogP contribution in [0, 0.1) is 0 Å². The number of aromatic carboxylic acids is 1. The van der Waals surface area contributed by atoms with Gasteiger partial charge in [0.2, 0.25) is 12.6 Å². The Bertz CT molecular complexity index is 912. The number of hydrogen-bond donors (Lipinski definition) is 1. The normalized spacial score (nSPS) is 15.7. The number of carbonyl (C=O) groups is 3. The monoisotopic (exact) mass is 372 g/mol. The van der Waals surface area contributed by atoms with Crippen LogP contribution in [-0.2, 0) is 0 Å². The number of fused-ring (bicyclic) bond motifs is 1. The number of benzene rings is 1. The molecule has 0 radical (unpaired) electrons. The molecule has 3 heterocycles. The highest BCUT2D eigenvalue weighted by Gasteiger charge is 2.28. The van der Waals surface area contributed by atoms with Gasteiger partial charge in [-0.05, 0) is 30.3 Å². The number of carbonyl (C=O) groups excluding carboxylic acids is 2. The molecule has 1 fully saturated rings. The van der Waals surface area contributed by atoms with Crippen molar-refractivity contribution in [3.63, 3.8) is 0 Å². The van der Waals surface area contributed by atoms with Gasteiger partial charge >= 0.3 is 5.97 Å². The van der Waals surface area contributed by atoms with Gasteiger partial charge in [0, 0.05) is 31.7 Å². The van der Waals surface area contributed by atoms with Gasteiger partial charge in [-0.1, -0.05) is 0 Å². The molecule has 1 aromatic carbocycles. The number of carboxylic acid groups (broad SMARTS) is 1. The highest BCUT2D eigenvalue weighted by Crippen LogP contribution is 2.32. The van der Waals surface area contributed by atoms with E-state index in [1.54, 1.807) is 23.1 Å². The Hall–Kier alpha value is -3.49. The highest BCUT2D eigenvalue weighted by molar-refractivity contribution is 5.96. The summed E-state index contributed by atoms with van der Waals surface area (Å²) in [5, 5.41) is 8.87. The summed E-state index contributed by atoms with van der Waals surface area (Å²) in [5.74, 6) is -0.918. The van der Waals surface area contributed by atoms with Gasteiger partial charge in [-0.3, -0.25) is 9.59 Å². The zero-order valence-corrected chi connectivity index (χ0v) is 14.2. The first-order chi connectivity index (χ1) is 13.0. The summed E-state index contributed by atoms with van der Waals surface area (Å²) in [5.41, 5.74) is 0.496. The van der Waals surface area contributed by atoms with Crippen molar-refractivity contribution >= 4 is 17.8 Å². The molecule has 2 aromatic rings. The van der Waals surface area contributed by atoms with Gasteiger partial charge in [0.25, 0.3) is 11.8 Å². The summed E-state index contributed by atoms with van der Waals surface area (Å²) in [6.07, 6.45) is 0. The summed E-state index contributed by atoms with van der Waals surface area (Å²) in [6, 6.07) is 7.62. The van der Waals surface area contributed by atoms with Crippen LogP contribution in [0.1, 0.15) is 31.5 Å². The van der Waals surface area contributed by atoms with Crippen molar-refractivity contribution in [3.8, 4) is 11.5 Å². The fraction of sp³-hybridized carbons (Fsp3) is 0.278. The Morgan fingerprint density at radius 3 is 2.11 bits per heavy atom. The van der Waals surface area contributed by atoms with Crippen molar-refractivity contribution in [2.75, 3.05) is 33.0 Å². The Balaban J connectivity index is 1.38. The maximum Gasteiger partial charge on any atom is 0.371 e. The summed E-state index contributed by atoms with van der Waals surface area (Å²) in [4.78, 5) is 39.1. The number of ether oxygens (including phenoxy) is 2. The molecular formula is C18H16N2O7. The van der Waals surface area contributed by atoms with E-state index >= 15 is 0 Å². The second-order valence-electron chi connectivity index (χ2n) is 6.12. The molecule has 0 bridgehead atoms. The maximum absolute atomic E-state index is 12.7. The van der Waals surface area contributed by atoms with Crippen LogP contribution in [0.15, 0.2) is 34.7 Å². The predicted octanol–water partition coefficient (Wildman–Crippen LogP) is 1.30. The number of rotatable bonds is 3. The maximum atomic E-state index is 12.7. The topological polar surface area (TPSA) is 110 Å².